The number of hydrogen-bond donors (Lipinski definition) is 1. The first-order valence-electron chi connectivity index (χ1n) is 4.46. The predicted molar refractivity (Wildman–Crippen MR) is 55.1 cm³/mol. The first-order chi connectivity index (χ1) is 8.48. The van der Waals surface area contributed by atoms with E-state index in [-0.39, 0.29) is 6.07 Å². The molecule has 4 nitrogen and oxygen atoms in total. The van der Waals surface area contributed by atoms with Crippen LogP contribution in [-0.4, -0.2) is 13.4 Å². The number of primary sulfonamides is 1. The SMILES string of the molecule is NS(=O)(=O)c1cc(C(F)(F)F)c(CCl)nc1C(F)F. The largest absolute Gasteiger partial charge is 0.418 e. The molecule has 11 heteroatoms. The van der Waals surface area contributed by atoms with Crippen LogP contribution in [0.15, 0.2) is 11.0 Å². The monoisotopic (exact) mass is 324 g/mol. The molecule has 2 N–H and O–H groups in total. The summed E-state index contributed by atoms with van der Waals surface area (Å²) < 4.78 is 85.1. The third-order valence-corrected chi connectivity index (χ3v) is 3.23. The van der Waals surface area contributed by atoms with Crippen molar-refractivity contribution in [3.63, 3.8) is 0 Å². The van der Waals surface area contributed by atoms with Gasteiger partial charge in [0.2, 0.25) is 10.0 Å². The lowest BCUT2D eigenvalue weighted by molar-refractivity contribution is -0.138. The zero-order valence-corrected chi connectivity index (χ0v) is 10.5. The van der Waals surface area contributed by atoms with Crippen molar-refractivity contribution in [1.82, 2.24) is 4.98 Å². The number of nitrogens with two attached hydrogens (primary N) is 1. The van der Waals surface area contributed by atoms with Crippen molar-refractivity contribution >= 4 is 21.6 Å². The minimum absolute atomic E-state index is 0.0154. The zero-order chi connectivity index (χ0) is 15.0. The summed E-state index contributed by atoms with van der Waals surface area (Å²) in [5, 5.41) is 4.60. The van der Waals surface area contributed by atoms with Gasteiger partial charge >= 0.3 is 6.18 Å². The highest BCUT2D eigenvalue weighted by atomic mass is 35.5. The number of nitrogens with zero attached hydrogens (tertiary/aromatic N) is 1. The maximum absolute atomic E-state index is 12.6. The Balaban J connectivity index is 3.72. The van der Waals surface area contributed by atoms with Gasteiger partial charge in [-0.1, -0.05) is 0 Å². The number of halogens is 6. The van der Waals surface area contributed by atoms with Gasteiger partial charge in [-0.15, -0.1) is 11.6 Å². The van der Waals surface area contributed by atoms with E-state index in [0.29, 0.717) is 0 Å². The van der Waals surface area contributed by atoms with Crippen molar-refractivity contribution in [3.05, 3.63) is 23.0 Å². The molecule has 108 valence electrons. The molecule has 0 aliphatic heterocycles. The molecule has 0 spiro atoms. The minimum Gasteiger partial charge on any atom is -0.249 e. The lowest BCUT2D eigenvalue weighted by Gasteiger charge is -2.14. The Labute approximate surface area is 109 Å². The highest BCUT2D eigenvalue weighted by molar-refractivity contribution is 7.89. The van der Waals surface area contributed by atoms with Gasteiger partial charge in [0.25, 0.3) is 6.43 Å². The summed E-state index contributed by atoms with van der Waals surface area (Å²) in [6.07, 6.45) is -8.39. The van der Waals surface area contributed by atoms with Crippen LogP contribution in [0.5, 0.6) is 0 Å². The van der Waals surface area contributed by atoms with Gasteiger partial charge in [-0.05, 0) is 6.07 Å². The summed E-state index contributed by atoms with van der Waals surface area (Å²) >= 11 is 5.19. The lowest BCUT2D eigenvalue weighted by atomic mass is 10.1. The van der Waals surface area contributed by atoms with Crippen LogP contribution in [-0.2, 0) is 22.1 Å². The molecule has 0 aromatic carbocycles. The molecule has 1 heterocycles. The topological polar surface area (TPSA) is 73.1 Å². The molecule has 1 aromatic rings. The second kappa shape index (κ2) is 5.17. The summed E-state index contributed by atoms with van der Waals surface area (Å²) in [5.74, 6) is -0.806. The summed E-state index contributed by atoms with van der Waals surface area (Å²) in [6, 6.07) is 0.0154. The van der Waals surface area contributed by atoms with Crippen LogP contribution >= 0.6 is 11.6 Å². The first-order valence-corrected chi connectivity index (χ1v) is 6.54. The Morgan fingerprint density at radius 2 is 1.89 bits per heavy atom. The van der Waals surface area contributed by atoms with E-state index in [2.05, 4.69) is 10.1 Å². The van der Waals surface area contributed by atoms with Crippen molar-refractivity contribution in [3.8, 4) is 0 Å². The van der Waals surface area contributed by atoms with E-state index >= 15 is 0 Å². The average Bonchev–Trinajstić information content (AvgIpc) is 2.24. The first kappa shape index (κ1) is 16.1. The van der Waals surface area contributed by atoms with Gasteiger partial charge in [0.05, 0.1) is 17.1 Å². The smallest absolute Gasteiger partial charge is 0.249 e. The molecular formula is C8H6ClF5N2O2S. The van der Waals surface area contributed by atoms with Gasteiger partial charge < -0.3 is 0 Å². The fourth-order valence-electron chi connectivity index (χ4n) is 1.28. The quantitative estimate of drug-likeness (QED) is 0.685. The van der Waals surface area contributed by atoms with Crippen LogP contribution in [0.25, 0.3) is 0 Å². The van der Waals surface area contributed by atoms with E-state index in [1.165, 1.54) is 0 Å². The van der Waals surface area contributed by atoms with Gasteiger partial charge in [-0.3, -0.25) is 0 Å². The maximum atomic E-state index is 12.6. The normalized spacial score (nSPS) is 13.1. The van der Waals surface area contributed by atoms with Gasteiger partial charge in [0.1, 0.15) is 10.6 Å². The summed E-state index contributed by atoms with van der Waals surface area (Å²) in [5.41, 5.74) is -3.76. The number of hydrogen-bond acceptors (Lipinski definition) is 3. The van der Waals surface area contributed by atoms with E-state index in [0.717, 1.165) is 0 Å². The van der Waals surface area contributed by atoms with E-state index in [1.807, 2.05) is 0 Å². The van der Waals surface area contributed by atoms with Crippen LogP contribution < -0.4 is 5.14 Å². The summed E-state index contributed by atoms with van der Waals surface area (Å²) in [6.45, 7) is 0. The van der Waals surface area contributed by atoms with Crippen LogP contribution in [0, 0.1) is 0 Å². The molecular weight excluding hydrogens is 319 g/mol. The average molecular weight is 325 g/mol. The predicted octanol–water partition coefficient (Wildman–Crippen LogP) is 2.42. The Bertz CT molecular complexity index is 588. The fraction of sp³-hybridized carbons (Fsp3) is 0.375. The highest BCUT2D eigenvalue weighted by Gasteiger charge is 2.37. The van der Waals surface area contributed by atoms with E-state index in [9.17, 15) is 30.4 Å². The van der Waals surface area contributed by atoms with Crippen LogP contribution in [0.2, 0.25) is 0 Å². The minimum atomic E-state index is -4.99. The van der Waals surface area contributed by atoms with Crippen molar-refractivity contribution in [2.75, 3.05) is 0 Å². The van der Waals surface area contributed by atoms with Gasteiger partial charge in [0.15, 0.2) is 0 Å². The molecule has 0 unspecified atom stereocenters. The molecule has 1 aromatic heterocycles. The molecule has 1 rings (SSSR count). The second-order valence-corrected chi connectivity index (χ2v) is 5.14. The number of pyridine rings is 1. The number of sulfonamides is 1. The standard InChI is InChI=1S/C8H6ClF5N2O2S/c9-2-4-3(8(12,13)14)1-5(19(15,17)18)6(16-4)7(10)11/h1,7H,2H2,(H2,15,17,18). The fourth-order valence-corrected chi connectivity index (χ4v) is 2.19. The molecule has 0 amide bonds. The van der Waals surface area contributed by atoms with E-state index in [4.69, 9.17) is 11.6 Å². The Morgan fingerprint density at radius 1 is 1.37 bits per heavy atom. The molecule has 0 aliphatic carbocycles. The van der Waals surface area contributed by atoms with Crippen molar-refractivity contribution in [2.24, 2.45) is 5.14 Å². The second-order valence-electron chi connectivity index (χ2n) is 3.34. The van der Waals surface area contributed by atoms with Crippen molar-refractivity contribution < 1.29 is 30.4 Å². The number of aromatic nitrogens is 1. The van der Waals surface area contributed by atoms with Gasteiger partial charge in [0, 0.05) is 0 Å². The van der Waals surface area contributed by atoms with Gasteiger partial charge in [-0.2, -0.15) is 13.2 Å². The molecule has 0 saturated heterocycles. The van der Waals surface area contributed by atoms with Gasteiger partial charge in [-0.25, -0.2) is 27.3 Å². The highest BCUT2D eigenvalue weighted by Crippen LogP contribution is 2.36. The summed E-state index contributed by atoms with van der Waals surface area (Å²) in [4.78, 5) is 1.59. The third-order valence-electron chi connectivity index (χ3n) is 2.04. The molecule has 0 saturated carbocycles. The van der Waals surface area contributed by atoms with Crippen LogP contribution in [0.4, 0.5) is 22.0 Å². The third kappa shape index (κ3) is 3.51. The van der Waals surface area contributed by atoms with E-state index in [1.54, 1.807) is 0 Å². The Morgan fingerprint density at radius 3 is 2.21 bits per heavy atom. The Kier molecular flexibility index (Phi) is 4.37. The number of alkyl halides is 6. The molecule has 0 bridgehead atoms. The lowest BCUT2D eigenvalue weighted by Crippen LogP contribution is -2.20. The molecule has 0 aliphatic rings. The zero-order valence-electron chi connectivity index (χ0n) is 8.88. The van der Waals surface area contributed by atoms with Crippen LogP contribution in [0.3, 0.4) is 0 Å². The Hall–Kier alpha value is -1.00. The molecule has 0 atom stereocenters. The molecule has 0 fully saturated rings. The van der Waals surface area contributed by atoms with Crippen LogP contribution in [0.1, 0.15) is 23.4 Å². The van der Waals surface area contributed by atoms with Crippen molar-refractivity contribution in [2.45, 2.75) is 23.4 Å². The summed E-state index contributed by atoms with van der Waals surface area (Å²) in [7, 11) is -4.77. The van der Waals surface area contributed by atoms with E-state index < -0.39 is 50.4 Å². The maximum Gasteiger partial charge on any atom is 0.418 e. The van der Waals surface area contributed by atoms with Crippen molar-refractivity contribution in [1.29, 1.82) is 0 Å². The molecule has 0 radical (unpaired) electrons. The number of rotatable bonds is 3. The molecule has 19 heavy (non-hydrogen) atoms.